The number of nitrogens with one attached hydrogen (secondary N) is 1. The fourth-order valence-corrected chi connectivity index (χ4v) is 2.06. The van der Waals surface area contributed by atoms with Crippen LogP contribution in [0.2, 0.25) is 0 Å². The molecule has 0 saturated carbocycles. The molecule has 0 aliphatic carbocycles. The quantitative estimate of drug-likeness (QED) is 0.875. The van der Waals surface area contributed by atoms with Crippen molar-refractivity contribution in [3.05, 3.63) is 52.2 Å². The first-order valence-electron chi connectivity index (χ1n) is 5.29. The summed E-state index contributed by atoms with van der Waals surface area (Å²) >= 11 is 1.41. The number of anilines is 1. The minimum absolute atomic E-state index is 0.107. The summed E-state index contributed by atoms with van der Waals surface area (Å²) in [6.07, 6.45) is -0.489. The molecule has 0 unspecified atom stereocenters. The Morgan fingerprint density at radius 2 is 2.00 bits per heavy atom. The number of rotatable bonds is 3. The van der Waals surface area contributed by atoms with Crippen molar-refractivity contribution in [1.29, 1.82) is 0 Å². The van der Waals surface area contributed by atoms with Crippen LogP contribution in [0.25, 0.3) is 0 Å². The molecule has 2 rings (SSSR count). The highest BCUT2D eigenvalue weighted by Crippen LogP contribution is 2.17. The zero-order valence-electron chi connectivity index (χ0n) is 9.38. The van der Waals surface area contributed by atoms with Crippen LogP contribution in [0.15, 0.2) is 41.8 Å². The number of hydrogen-bond donors (Lipinski definition) is 2. The Morgan fingerprint density at radius 3 is 2.53 bits per heavy atom. The van der Waals surface area contributed by atoms with Crippen LogP contribution in [0.3, 0.4) is 0 Å². The van der Waals surface area contributed by atoms with Gasteiger partial charge >= 0.3 is 0 Å². The lowest BCUT2D eigenvalue weighted by Gasteiger charge is -2.07. The molecule has 1 atom stereocenters. The number of benzene rings is 1. The van der Waals surface area contributed by atoms with E-state index in [-0.39, 0.29) is 5.91 Å². The predicted molar refractivity (Wildman–Crippen MR) is 69.3 cm³/mol. The summed E-state index contributed by atoms with van der Waals surface area (Å²) < 4.78 is 0. The molecule has 4 heteroatoms. The largest absolute Gasteiger partial charge is 0.389 e. The first-order chi connectivity index (χ1) is 8.16. The fraction of sp³-hybridized carbons (Fsp3) is 0.154. The van der Waals surface area contributed by atoms with Crippen molar-refractivity contribution < 1.29 is 9.90 Å². The molecule has 0 aliphatic heterocycles. The molecule has 0 saturated heterocycles. The van der Waals surface area contributed by atoms with Crippen LogP contribution in [0.4, 0.5) is 5.69 Å². The van der Waals surface area contributed by atoms with Gasteiger partial charge in [0.15, 0.2) is 0 Å². The van der Waals surface area contributed by atoms with Gasteiger partial charge in [0.2, 0.25) is 0 Å². The maximum atomic E-state index is 11.7. The molecule has 0 spiro atoms. The first-order valence-corrected chi connectivity index (χ1v) is 6.17. The van der Waals surface area contributed by atoms with E-state index < -0.39 is 6.10 Å². The summed E-state index contributed by atoms with van der Waals surface area (Å²) in [5.41, 5.74) is 1.56. The summed E-state index contributed by atoms with van der Waals surface area (Å²) in [5.74, 6) is -0.107. The van der Waals surface area contributed by atoms with Crippen LogP contribution in [0, 0.1) is 0 Å². The lowest BCUT2D eigenvalue weighted by molar-refractivity contribution is 0.103. The monoisotopic (exact) mass is 247 g/mol. The zero-order chi connectivity index (χ0) is 12.3. The number of aliphatic hydroxyl groups excluding tert-OH is 1. The van der Waals surface area contributed by atoms with Crippen molar-refractivity contribution in [2.24, 2.45) is 0 Å². The van der Waals surface area contributed by atoms with Crippen LogP contribution in [0.5, 0.6) is 0 Å². The van der Waals surface area contributed by atoms with Crippen LogP contribution in [0.1, 0.15) is 28.3 Å². The van der Waals surface area contributed by atoms with E-state index in [1.165, 1.54) is 11.3 Å². The highest BCUT2D eigenvalue weighted by Gasteiger charge is 2.07. The van der Waals surface area contributed by atoms with Gasteiger partial charge < -0.3 is 10.4 Å². The van der Waals surface area contributed by atoms with Crippen molar-refractivity contribution in [1.82, 2.24) is 0 Å². The molecular weight excluding hydrogens is 234 g/mol. The molecule has 0 bridgehead atoms. The third-order valence-corrected chi connectivity index (χ3v) is 3.26. The van der Waals surface area contributed by atoms with Crippen molar-refractivity contribution in [3.63, 3.8) is 0 Å². The number of hydrogen-bond acceptors (Lipinski definition) is 3. The van der Waals surface area contributed by atoms with E-state index in [1.54, 1.807) is 37.3 Å². The number of aliphatic hydroxyl groups is 1. The smallest absolute Gasteiger partial charge is 0.265 e. The molecule has 3 nitrogen and oxygen atoms in total. The number of carbonyl (C=O) groups is 1. The second kappa shape index (κ2) is 5.12. The summed E-state index contributed by atoms with van der Waals surface area (Å²) in [6.45, 7) is 1.71. The lowest BCUT2D eigenvalue weighted by Crippen LogP contribution is -2.09. The van der Waals surface area contributed by atoms with Gasteiger partial charge in [-0.05, 0) is 36.1 Å². The van der Waals surface area contributed by atoms with Gasteiger partial charge in [0.05, 0.1) is 11.0 Å². The normalized spacial score (nSPS) is 12.1. The van der Waals surface area contributed by atoms with Crippen molar-refractivity contribution >= 4 is 22.9 Å². The summed E-state index contributed by atoms with van der Waals surface area (Å²) in [6, 6.07) is 10.8. The van der Waals surface area contributed by atoms with Crippen LogP contribution in [-0.2, 0) is 0 Å². The Kier molecular flexibility index (Phi) is 3.56. The summed E-state index contributed by atoms with van der Waals surface area (Å²) in [4.78, 5) is 12.4. The molecule has 1 amide bonds. The van der Waals surface area contributed by atoms with Gasteiger partial charge in [0, 0.05) is 5.69 Å². The van der Waals surface area contributed by atoms with E-state index in [0.717, 1.165) is 11.3 Å². The van der Waals surface area contributed by atoms with Crippen molar-refractivity contribution in [3.8, 4) is 0 Å². The average Bonchev–Trinajstić information content (AvgIpc) is 2.83. The standard InChI is InChI=1S/C13H13NO2S/c1-9(15)10-4-6-11(7-5-10)14-13(16)12-3-2-8-17-12/h2-9,15H,1H3,(H,14,16)/t9-/m1/s1. The third-order valence-electron chi connectivity index (χ3n) is 2.40. The van der Waals surface area contributed by atoms with Crippen LogP contribution >= 0.6 is 11.3 Å². The Morgan fingerprint density at radius 1 is 1.29 bits per heavy atom. The van der Waals surface area contributed by atoms with Gasteiger partial charge in [-0.2, -0.15) is 0 Å². The highest BCUT2D eigenvalue weighted by molar-refractivity contribution is 7.12. The molecule has 0 fully saturated rings. The Labute approximate surface area is 104 Å². The summed E-state index contributed by atoms with van der Waals surface area (Å²) in [7, 11) is 0. The van der Waals surface area contributed by atoms with Gasteiger partial charge in [0.1, 0.15) is 0 Å². The fourth-order valence-electron chi connectivity index (χ4n) is 1.45. The predicted octanol–water partition coefficient (Wildman–Crippen LogP) is 3.05. The van der Waals surface area contributed by atoms with E-state index in [0.29, 0.717) is 4.88 Å². The van der Waals surface area contributed by atoms with Gasteiger partial charge in [-0.15, -0.1) is 11.3 Å². The maximum Gasteiger partial charge on any atom is 0.265 e. The summed E-state index contributed by atoms with van der Waals surface area (Å²) in [5, 5.41) is 14.0. The van der Waals surface area contributed by atoms with Crippen molar-refractivity contribution in [2.75, 3.05) is 5.32 Å². The van der Waals surface area contributed by atoms with Gasteiger partial charge in [-0.3, -0.25) is 4.79 Å². The van der Waals surface area contributed by atoms with E-state index in [4.69, 9.17) is 0 Å². The van der Waals surface area contributed by atoms with Gasteiger partial charge in [-0.1, -0.05) is 18.2 Å². The Bertz CT molecular complexity index is 489. The van der Waals surface area contributed by atoms with Crippen molar-refractivity contribution in [2.45, 2.75) is 13.0 Å². The van der Waals surface area contributed by atoms with E-state index in [9.17, 15) is 9.90 Å². The van der Waals surface area contributed by atoms with E-state index in [2.05, 4.69) is 5.32 Å². The highest BCUT2D eigenvalue weighted by atomic mass is 32.1. The maximum absolute atomic E-state index is 11.7. The van der Waals surface area contributed by atoms with Crippen LogP contribution < -0.4 is 5.32 Å². The first kappa shape index (κ1) is 11.8. The number of thiophene rings is 1. The lowest BCUT2D eigenvalue weighted by atomic mass is 10.1. The molecule has 1 aromatic carbocycles. The van der Waals surface area contributed by atoms with E-state index >= 15 is 0 Å². The molecule has 1 aromatic heterocycles. The Hall–Kier alpha value is -1.65. The SMILES string of the molecule is C[C@@H](O)c1ccc(NC(=O)c2cccs2)cc1. The minimum Gasteiger partial charge on any atom is -0.389 e. The van der Waals surface area contributed by atoms with Crippen LogP contribution in [-0.4, -0.2) is 11.0 Å². The molecule has 2 N–H and O–H groups in total. The Balaban J connectivity index is 2.07. The molecule has 1 heterocycles. The number of carbonyl (C=O) groups excluding carboxylic acids is 1. The second-order valence-electron chi connectivity index (χ2n) is 3.73. The third kappa shape index (κ3) is 2.93. The molecule has 0 radical (unpaired) electrons. The van der Waals surface area contributed by atoms with Gasteiger partial charge in [0.25, 0.3) is 5.91 Å². The molecule has 88 valence electrons. The second-order valence-corrected chi connectivity index (χ2v) is 4.68. The molecule has 2 aromatic rings. The van der Waals surface area contributed by atoms with E-state index in [1.807, 2.05) is 11.4 Å². The average molecular weight is 247 g/mol. The van der Waals surface area contributed by atoms with Gasteiger partial charge in [-0.25, -0.2) is 0 Å². The molecule has 17 heavy (non-hydrogen) atoms. The topological polar surface area (TPSA) is 49.3 Å². The molecular formula is C13H13NO2S. The molecule has 0 aliphatic rings. The zero-order valence-corrected chi connectivity index (χ0v) is 10.2. The minimum atomic E-state index is -0.489. The number of amides is 1.